The van der Waals surface area contributed by atoms with E-state index in [9.17, 15) is 4.79 Å². The predicted octanol–water partition coefficient (Wildman–Crippen LogP) is 4.94. The Morgan fingerprint density at radius 3 is 2.68 bits per heavy atom. The van der Waals surface area contributed by atoms with Crippen LogP contribution in [0.3, 0.4) is 0 Å². The molecule has 2 N–H and O–H groups in total. The third-order valence-corrected chi connectivity index (χ3v) is 6.75. The summed E-state index contributed by atoms with van der Waals surface area (Å²) in [6.07, 6.45) is 1.80. The Kier molecular flexibility index (Phi) is 7.21. The summed E-state index contributed by atoms with van der Waals surface area (Å²) in [7, 11) is 1.47. The van der Waals surface area contributed by atoms with Crippen molar-refractivity contribution in [3.8, 4) is 0 Å². The van der Waals surface area contributed by atoms with Crippen LogP contribution in [0.25, 0.3) is 0 Å². The topological polar surface area (TPSA) is 71.4 Å². The molecule has 1 aliphatic heterocycles. The van der Waals surface area contributed by atoms with Crippen LogP contribution >= 0.6 is 23.8 Å². The van der Waals surface area contributed by atoms with Crippen LogP contribution in [0, 0.1) is 13.8 Å². The maximum absolute atomic E-state index is 11.9. The van der Waals surface area contributed by atoms with Crippen LogP contribution in [0.2, 0.25) is 5.02 Å². The fourth-order valence-corrected chi connectivity index (χ4v) is 5.20. The first kappa shape index (κ1) is 24.2. The van der Waals surface area contributed by atoms with Gasteiger partial charge in [-0.15, -0.1) is 0 Å². The second-order valence-corrected chi connectivity index (χ2v) is 9.01. The molecule has 0 spiro atoms. The van der Waals surface area contributed by atoms with Gasteiger partial charge in [-0.3, -0.25) is 9.78 Å². The zero-order valence-corrected chi connectivity index (χ0v) is 21.2. The van der Waals surface area contributed by atoms with Gasteiger partial charge in [-0.2, -0.15) is 0 Å². The lowest BCUT2D eigenvalue weighted by Gasteiger charge is -2.28. The van der Waals surface area contributed by atoms with Gasteiger partial charge in [-0.1, -0.05) is 17.7 Å². The Labute approximate surface area is 210 Å². The van der Waals surface area contributed by atoms with Gasteiger partial charge in [0.25, 0.3) is 0 Å². The summed E-state index contributed by atoms with van der Waals surface area (Å²) >= 11 is 12.4. The van der Waals surface area contributed by atoms with E-state index in [0.29, 0.717) is 15.8 Å². The van der Waals surface area contributed by atoms with Crippen LogP contribution < -0.4 is 15.5 Å². The van der Waals surface area contributed by atoms with Gasteiger partial charge in [0.15, 0.2) is 5.11 Å². The van der Waals surface area contributed by atoms with E-state index in [-0.39, 0.29) is 24.6 Å². The number of hydrogen-bond acceptors (Lipinski definition) is 4. The fourth-order valence-electron chi connectivity index (χ4n) is 4.64. The predicted molar refractivity (Wildman–Crippen MR) is 139 cm³/mol. The molecule has 1 aromatic carbocycles. The SMILES string of the molecule is CCn1c(C)cc([C@H]2[C@@H](c3ccccn3)NC(=S)N2c2ccc(NC(=O)COC)c(Cl)c2)c1C. The number of nitrogens with one attached hydrogen (secondary N) is 2. The van der Waals surface area contributed by atoms with E-state index >= 15 is 0 Å². The van der Waals surface area contributed by atoms with Crippen molar-refractivity contribution in [1.29, 1.82) is 0 Å². The Balaban J connectivity index is 1.78. The highest BCUT2D eigenvalue weighted by Crippen LogP contribution is 2.44. The Morgan fingerprint density at radius 2 is 2.06 bits per heavy atom. The molecule has 178 valence electrons. The molecular weight excluding hydrogens is 470 g/mol. The fraction of sp³-hybridized carbons (Fsp3) is 0.320. The molecule has 1 amide bonds. The summed E-state index contributed by atoms with van der Waals surface area (Å²) in [5.74, 6) is -0.268. The molecule has 34 heavy (non-hydrogen) atoms. The molecule has 1 saturated heterocycles. The van der Waals surface area contributed by atoms with Gasteiger partial charge >= 0.3 is 0 Å². The summed E-state index contributed by atoms with van der Waals surface area (Å²) in [5, 5.41) is 7.26. The van der Waals surface area contributed by atoms with Crippen molar-refractivity contribution < 1.29 is 9.53 Å². The monoisotopic (exact) mass is 497 g/mol. The van der Waals surface area contributed by atoms with Crippen molar-refractivity contribution >= 4 is 46.2 Å². The maximum Gasteiger partial charge on any atom is 0.250 e. The number of methoxy groups -OCH3 is 1. The lowest BCUT2D eigenvalue weighted by atomic mass is 9.96. The van der Waals surface area contributed by atoms with Crippen LogP contribution in [-0.4, -0.2) is 34.3 Å². The van der Waals surface area contributed by atoms with Crippen LogP contribution in [0.15, 0.2) is 48.7 Å². The van der Waals surface area contributed by atoms with Gasteiger partial charge in [0, 0.05) is 36.9 Å². The molecule has 0 aliphatic carbocycles. The van der Waals surface area contributed by atoms with Crippen molar-refractivity contribution in [1.82, 2.24) is 14.9 Å². The van der Waals surface area contributed by atoms with E-state index in [4.69, 9.17) is 28.6 Å². The van der Waals surface area contributed by atoms with E-state index in [0.717, 1.165) is 17.9 Å². The van der Waals surface area contributed by atoms with Gasteiger partial charge in [0.2, 0.25) is 5.91 Å². The highest BCUT2D eigenvalue weighted by atomic mass is 35.5. The molecule has 3 heterocycles. The Hall–Kier alpha value is -2.94. The van der Waals surface area contributed by atoms with Crippen molar-refractivity contribution in [2.75, 3.05) is 23.9 Å². The summed E-state index contributed by atoms with van der Waals surface area (Å²) in [6.45, 7) is 7.25. The van der Waals surface area contributed by atoms with Crippen molar-refractivity contribution in [3.05, 3.63) is 76.3 Å². The Bertz CT molecular complexity index is 1210. The number of benzene rings is 1. The first-order valence-electron chi connectivity index (χ1n) is 11.1. The number of carbonyl (C=O) groups excluding carboxylic acids is 1. The maximum atomic E-state index is 11.9. The zero-order valence-electron chi connectivity index (χ0n) is 19.6. The summed E-state index contributed by atoms with van der Waals surface area (Å²) in [5.41, 5.74) is 5.83. The minimum atomic E-state index is -0.268. The third-order valence-electron chi connectivity index (χ3n) is 6.13. The van der Waals surface area contributed by atoms with Gasteiger partial charge < -0.3 is 24.8 Å². The lowest BCUT2D eigenvalue weighted by Crippen LogP contribution is -2.29. The molecule has 1 fully saturated rings. The second-order valence-electron chi connectivity index (χ2n) is 8.21. The highest BCUT2D eigenvalue weighted by molar-refractivity contribution is 7.80. The van der Waals surface area contributed by atoms with Gasteiger partial charge in [-0.05, 0) is 75.0 Å². The first-order valence-corrected chi connectivity index (χ1v) is 11.9. The molecule has 3 aromatic rings. The van der Waals surface area contributed by atoms with Crippen LogP contribution in [-0.2, 0) is 16.1 Å². The summed E-state index contributed by atoms with van der Waals surface area (Å²) in [6, 6.07) is 13.4. The number of halogens is 1. The summed E-state index contributed by atoms with van der Waals surface area (Å²) in [4.78, 5) is 18.7. The van der Waals surface area contributed by atoms with Gasteiger partial charge in [-0.25, -0.2) is 0 Å². The molecule has 0 radical (unpaired) electrons. The molecule has 9 heteroatoms. The highest BCUT2D eigenvalue weighted by Gasteiger charge is 2.42. The lowest BCUT2D eigenvalue weighted by molar-refractivity contribution is -0.119. The molecule has 7 nitrogen and oxygen atoms in total. The zero-order chi connectivity index (χ0) is 24.4. The minimum absolute atomic E-state index is 0.0426. The standard InChI is InChI=1S/C25H28ClN5O2S/c1-5-30-15(2)12-18(16(30)3)24-23(21-8-6-7-11-27-21)29-25(34)31(24)17-9-10-20(19(26)13-17)28-22(32)14-33-4/h6-13,23-24H,5,14H2,1-4H3,(H,28,32)(H,29,34)/t23-,24+/m1/s1. The molecule has 2 atom stereocenters. The second kappa shape index (κ2) is 10.1. The number of nitrogens with zero attached hydrogens (tertiary/aromatic N) is 3. The largest absolute Gasteiger partial charge is 0.375 e. The van der Waals surface area contributed by atoms with E-state index in [1.807, 2.05) is 30.3 Å². The average molecular weight is 498 g/mol. The normalized spacial score (nSPS) is 17.7. The number of aromatic nitrogens is 2. The number of hydrogen-bond donors (Lipinski definition) is 2. The number of thiocarbonyl (C=S) groups is 1. The molecule has 0 unspecified atom stereocenters. The molecule has 0 saturated carbocycles. The molecule has 2 aromatic heterocycles. The number of anilines is 2. The number of carbonyl (C=O) groups is 1. The van der Waals surface area contributed by atoms with Gasteiger partial charge in [0.1, 0.15) is 6.61 Å². The molecule has 1 aliphatic rings. The van der Waals surface area contributed by atoms with Crippen molar-refractivity contribution in [2.45, 2.75) is 39.4 Å². The number of pyridine rings is 1. The first-order chi connectivity index (χ1) is 16.3. The van der Waals surface area contributed by atoms with E-state index in [1.165, 1.54) is 24.1 Å². The number of amides is 1. The minimum Gasteiger partial charge on any atom is -0.375 e. The third kappa shape index (κ3) is 4.53. The number of aryl methyl sites for hydroxylation is 1. The Morgan fingerprint density at radius 1 is 1.26 bits per heavy atom. The van der Waals surface area contributed by atoms with Crippen molar-refractivity contribution in [3.63, 3.8) is 0 Å². The number of rotatable bonds is 7. The van der Waals surface area contributed by atoms with Crippen LogP contribution in [0.4, 0.5) is 11.4 Å². The molecule has 4 rings (SSSR count). The average Bonchev–Trinajstić information content (AvgIpc) is 3.30. The van der Waals surface area contributed by atoms with E-state index < -0.39 is 0 Å². The van der Waals surface area contributed by atoms with Crippen LogP contribution in [0.1, 0.15) is 41.7 Å². The van der Waals surface area contributed by atoms with Crippen molar-refractivity contribution in [2.24, 2.45) is 0 Å². The van der Waals surface area contributed by atoms with Crippen LogP contribution in [0.5, 0.6) is 0 Å². The quantitative estimate of drug-likeness (QED) is 0.451. The molecule has 0 bridgehead atoms. The molecular formula is C25H28ClN5O2S. The number of ether oxygens (including phenoxy) is 1. The van der Waals surface area contributed by atoms with Gasteiger partial charge in [0.05, 0.1) is 28.5 Å². The van der Waals surface area contributed by atoms with E-state index in [1.54, 1.807) is 12.3 Å². The smallest absolute Gasteiger partial charge is 0.250 e. The summed E-state index contributed by atoms with van der Waals surface area (Å²) < 4.78 is 7.18. The van der Waals surface area contributed by atoms with E-state index in [2.05, 4.69) is 51.9 Å².